The van der Waals surface area contributed by atoms with Gasteiger partial charge in [-0.3, -0.25) is 9.31 Å². The number of nitrogens with zero attached hydrogens (tertiary/aromatic N) is 5. The molecule has 1 atom stereocenters. The van der Waals surface area contributed by atoms with Crippen LogP contribution in [0.5, 0.6) is 0 Å². The number of rotatable bonds is 5. The van der Waals surface area contributed by atoms with E-state index in [0.717, 1.165) is 16.6 Å². The van der Waals surface area contributed by atoms with Gasteiger partial charge < -0.3 is 5.11 Å². The number of fused-ring (bicyclic) bond motifs is 1. The molecule has 2 N–H and O–H groups in total. The van der Waals surface area contributed by atoms with E-state index >= 15 is 0 Å². The Bertz CT molecular complexity index is 1110. The van der Waals surface area contributed by atoms with Crippen LogP contribution in [0.3, 0.4) is 0 Å². The fourth-order valence-electron chi connectivity index (χ4n) is 2.75. The summed E-state index contributed by atoms with van der Waals surface area (Å²) in [6.07, 6.45) is 4.72. The molecule has 138 valence electrons. The Morgan fingerprint density at radius 3 is 2.81 bits per heavy atom. The lowest BCUT2D eigenvalue weighted by atomic mass is 10.2. The number of aromatic nitrogens is 6. The summed E-state index contributed by atoms with van der Waals surface area (Å²) in [5, 5.41) is 21.8. The lowest BCUT2D eigenvalue weighted by molar-refractivity contribution is 0.106. The van der Waals surface area contributed by atoms with Crippen LogP contribution in [-0.2, 0) is 10.8 Å². The van der Waals surface area contributed by atoms with Gasteiger partial charge in [-0.05, 0) is 32.0 Å². The predicted molar refractivity (Wildman–Crippen MR) is 102 cm³/mol. The number of benzene rings is 1. The van der Waals surface area contributed by atoms with Gasteiger partial charge in [0.05, 0.1) is 38.9 Å². The molecule has 0 saturated heterocycles. The van der Waals surface area contributed by atoms with Crippen molar-refractivity contribution in [3.05, 3.63) is 49.1 Å². The Balaban J connectivity index is 1.70. The monoisotopic (exact) mass is 382 g/mol. The van der Waals surface area contributed by atoms with Crippen molar-refractivity contribution in [3.63, 3.8) is 0 Å². The molecular formula is C18H18N6O2S. The molecule has 4 rings (SSSR count). The van der Waals surface area contributed by atoms with Gasteiger partial charge in [0.15, 0.2) is 11.5 Å². The van der Waals surface area contributed by atoms with E-state index in [1.54, 1.807) is 37.0 Å². The second-order valence-electron chi connectivity index (χ2n) is 6.83. The first kappa shape index (κ1) is 17.5. The van der Waals surface area contributed by atoms with Gasteiger partial charge in [0.1, 0.15) is 6.33 Å². The van der Waals surface area contributed by atoms with Crippen LogP contribution in [-0.4, -0.2) is 50.6 Å². The van der Waals surface area contributed by atoms with Crippen LogP contribution in [0.2, 0.25) is 0 Å². The number of H-pyrrole nitrogens is 1. The summed E-state index contributed by atoms with van der Waals surface area (Å²) in [5.74, 6) is 0.818. The first-order chi connectivity index (χ1) is 12.9. The van der Waals surface area contributed by atoms with E-state index in [9.17, 15) is 9.32 Å². The van der Waals surface area contributed by atoms with E-state index < -0.39 is 16.4 Å². The molecule has 8 nitrogen and oxygen atoms in total. The highest BCUT2D eigenvalue weighted by Crippen LogP contribution is 2.23. The molecule has 0 aliphatic carbocycles. The molecule has 0 fully saturated rings. The number of hydrogen-bond acceptors (Lipinski definition) is 6. The zero-order valence-electron chi connectivity index (χ0n) is 14.8. The molecule has 3 aromatic heterocycles. The summed E-state index contributed by atoms with van der Waals surface area (Å²) in [4.78, 5) is 9.19. The van der Waals surface area contributed by atoms with Crippen molar-refractivity contribution in [1.82, 2.24) is 29.9 Å². The Hall–Kier alpha value is -2.91. The number of hydrogen-bond donors (Lipinski definition) is 2. The maximum atomic E-state index is 12.4. The normalized spacial score (nSPS) is 13.1. The Labute approximate surface area is 157 Å². The van der Waals surface area contributed by atoms with Crippen LogP contribution in [0.4, 0.5) is 0 Å². The van der Waals surface area contributed by atoms with Crippen molar-refractivity contribution in [2.45, 2.75) is 24.3 Å². The quantitative estimate of drug-likeness (QED) is 0.547. The molecule has 0 unspecified atom stereocenters. The lowest BCUT2D eigenvalue weighted by Crippen LogP contribution is -2.27. The van der Waals surface area contributed by atoms with Crippen molar-refractivity contribution in [2.24, 2.45) is 0 Å². The molecule has 0 aliphatic rings. The standard InChI is InChI=1S/C18H18N6O2S/c1-18(2,25)10-27(26)15-7-13-8-22-24(17(13)19-9-15)14-5-3-4-12(6-14)16-20-11-21-23-16/h3-9,11,25H,10H2,1-2H3,(H,20,21,23)/t27-/m0/s1. The number of aromatic amines is 1. The minimum atomic E-state index is -1.34. The van der Waals surface area contributed by atoms with Crippen LogP contribution < -0.4 is 0 Å². The molecule has 0 aliphatic heterocycles. The highest BCUT2D eigenvalue weighted by atomic mass is 32.2. The van der Waals surface area contributed by atoms with Crippen molar-refractivity contribution in [3.8, 4) is 17.1 Å². The SMILES string of the molecule is CC(C)(O)C[S@](=O)c1cnc2c(cnn2-c2cccc(-c3ncn[nH]3)c2)c1. The topological polar surface area (TPSA) is 110 Å². The smallest absolute Gasteiger partial charge is 0.162 e. The zero-order valence-corrected chi connectivity index (χ0v) is 15.6. The first-order valence-corrected chi connectivity index (χ1v) is 9.63. The van der Waals surface area contributed by atoms with Crippen LogP contribution >= 0.6 is 0 Å². The van der Waals surface area contributed by atoms with Crippen LogP contribution in [0.15, 0.2) is 53.9 Å². The lowest BCUT2D eigenvalue weighted by Gasteiger charge is -2.15. The van der Waals surface area contributed by atoms with Gasteiger partial charge in [0.25, 0.3) is 0 Å². The Morgan fingerprint density at radius 2 is 2.07 bits per heavy atom. The third-order valence-corrected chi connectivity index (χ3v) is 5.63. The largest absolute Gasteiger partial charge is 0.389 e. The molecule has 0 saturated carbocycles. The predicted octanol–water partition coefficient (Wildman–Crippen LogP) is 2.08. The third kappa shape index (κ3) is 3.64. The van der Waals surface area contributed by atoms with Crippen molar-refractivity contribution < 1.29 is 9.32 Å². The third-order valence-electron chi connectivity index (χ3n) is 3.91. The first-order valence-electron chi connectivity index (χ1n) is 8.31. The number of nitrogens with one attached hydrogen (secondary N) is 1. The molecule has 3 heterocycles. The number of pyridine rings is 1. The van der Waals surface area contributed by atoms with E-state index in [0.29, 0.717) is 16.4 Å². The van der Waals surface area contributed by atoms with E-state index in [4.69, 9.17) is 0 Å². The van der Waals surface area contributed by atoms with Crippen molar-refractivity contribution in [2.75, 3.05) is 5.75 Å². The van der Waals surface area contributed by atoms with Gasteiger partial charge in [0.2, 0.25) is 0 Å². The molecule has 1 aromatic carbocycles. The minimum Gasteiger partial charge on any atom is -0.389 e. The van der Waals surface area contributed by atoms with Crippen LogP contribution in [0.1, 0.15) is 13.8 Å². The van der Waals surface area contributed by atoms with E-state index in [1.165, 1.54) is 6.33 Å². The Kier molecular flexibility index (Phi) is 4.33. The summed E-state index contributed by atoms with van der Waals surface area (Å²) < 4.78 is 14.1. The van der Waals surface area contributed by atoms with Gasteiger partial charge in [0, 0.05) is 17.1 Å². The molecule has 9 heteroatoms. The van der Waals surface area contributed by atoms with E-state index in [2.05, 4.69) is 25.3 Å². The van der Waals surface area contributed by atoms with Gasteiger partial charge >= 0.3 is 0 Å². The molecule has 0 bridgehead atoms. The highest BCUT2D eigenvalue weighted by Gasteiger charge is 2.19. The van der Waals surface area contributed by atoms with Crippen molar-refractivity contribution in [1.29, 1.82) is 0 Å². The maximum absolute atomic E-state index is 12.4. The van der Waals surface area contributed by atoms with E-state index in [-0.39, 0.29) is 5.75 Å². The summed E-state index contributed by atoms with van der Waals surface area (Å²) in [5.41, 5.74) is 1.37. The molecular weight excluding hydrogens is 364 g/mol. The molecule has 27 heavy (non-hydrogen) atoms. The average molecular weight is 382 g/mol. The van der Waals surface area contributed by atoms with Crippen LogP contribution in [0, 0.1) is 0 Å². The fourth-order valence-corrected chi connectivity index (χ4v) is 3.99. The van der Waals surface area contributed by atoms with Gasteiger partial charge in [-0.1, -0.05) is 12.1 Å². The summed E-state index contributed by atoms with van der Waals surface area (Å²) >= 11 is 0. The van der Waals surface area contributed by atoms with Gasteiger partial charge in [-0.2, -0.15) is 10.2 Å². The fraction of sp³-hybridized carbons (Fsp3) is 0.222. The summed E-state index contributed by atoms with van der Waals surface area (Å²) in [6, 6.07) is 9.51. The average Bonchev–Trinajstić information content (AvgIpc) is 3.30. The molecule has 4 aromatic rings. The second kappa shape index (κ2) is 6.67. The summed E-state index contributed by atoms with van der Waals surface area (Å²) in [7, 11) is -1.34. The number of aliphatic hydroxyl groups is 1. The summed E-state index contributed by atoms with van der Waals surface area (Å²) in [6.45, 7) is 3.27. The van der Waals surface area contributed by atoms with Gasteiger partial charge in [-0.25, -0.2) is 14.6 Å². The highest BCUT2D eigenvalue weighted by molar-refractivity contribution is 7.85. The molecule has 0 radical (unpaired) electrons. The van der Waals surface area contributed by atoms with Crippen molar-refractivity contribution >= 4 is 21.8 Å². The molecule has 0 spiro atoms. The van der Waals surface area contributed by atoms with Crippen LogP contribution in [0.25, 0.3) is 28.1 Å². The Morgan fingerprint density at radius 1 is 1.22 bits per heavy atom. The minimum absolute atomic E-state index is 0.146. The molecule has 0 amide bonds. The maximum Gasteiger partial charge on any atom is 0.162 e. The zero-order chi connectivity index (χ0) is 19.0. The second-order valence-corrected chi connectivity index (χ2v) is 8.28. The van der Waals surface area contributed by atoms with Gasteiger partial charge in [-0.15, -0.1) is 0 Å². The van der Waals surface area contributed by atoms with E-state index in [1.807, 2.05) is 24.3 Å².